The van der Waals surface area contributed by atoms with Crippen molar-refractivity contribution in [2.75, 3.05) is 6.26 Å². The molecule has 82 valence electrons. The fraction of sp³-hybridized carbons (Fsp3) is 0.455. The number of hydrogen-bond acceptors (Lipinski definition) is 2. The molecule has 0 aliphatic heterocycles. The molecule has 1 unspecified atom stereocenters. The van der Waals surface area contributed by atoms with Crippen molar-refractivity contribution in [1.82, 2.24) is 0 Å². The van der Waals surface area contributed by atoms with Crippen LogP contribution in [-0.4, -0.2) is 22.5 Å². The van der Waals surface area contributed by atoms with Gasteiger partial charge in [0, 0.05) is 6.26 Å². The normalized spacial score (nSPS) is 15.9. The van der Waals surface area contributed by atoms with Crippen LogP contribution in [0.4, 0.5) is 0 Å². The number of rotatable bonds is 3. The fourth-order valence-electron chi connectivity index (χ4n) is 1.36. The van der Waals surface area contributed by atoms with E-state index in [-0.39, 0.29) is 5.31 Å². The molecule has 4 heteroatoms. The second-order valence-electron chi connectivity index (χ2n) is 4.53. The van der Waals surface area contributed by atoms with Crippen LogP contribution < -0.4 is 0 Å². The largest absolute Gasteiger partial charge is 0.224 e. The van der Waals surface area contributed by atoms with Crippen LogP contribution in [0.25, 0.3) is 0 Å². The van der Waals surface area contributed by atoms with E-state index in [4.69, 9.17) is 0 Å². The monoisotopic (exact) mass is 224 g/mol. The Morgan fingerprint density at radius 2 is 1.73 bits per heavy atom. The molecule has 1 aromatic carbocycles. The van der Waals surface area contributed by atoms with Crippen molar-refractivity contribution < 1.29 is 8.42 Å². The lowest BCUT2D eigenvalue weighted by Crippen LogP contribution is -2.20. The van der Waals surface area contributed by atoms with E-state index < -0.39 is 9.84 Å². The smallest absolute Gasteiger partial charge is 0.175 e. The average molecular weight is 224 g/mol. The maximum Gasteiger partial charge on any atom is 0.175 e. The van der Waals surface area contributed by atoms with E-state index in [0.717, 1.165) is 6.42 Å². The second kappa shape index (κ2) is 4.01. The van der Waals surface area contributed by atoms with E-state index in [0.29, 0.717) is 4.90 Å². The first kappa shape index (κ1) is 12.3. The highest BCUT2D eigenvalue weighted by molar-refractivity contribution is 7.90. The quantitative estimate of drug-likeness (QED) is 0.726. The van der Waals surface area contributed by atoms with Gasteiger partial charge in [0.1, 0.15) is 7.85 Å². The highest BCUT2D eigenvalue weighted by Crippen LogP contribution is 2.24. The highest BCUT2D eigenvalue weighted by Gasteiger charge is 2.18. The third-order valence-electron chi connectivity index (χ3n) is 2.95. The van der Waals surface area contributed by atoms with Gasteiger partial charge in [-0.25, -0.2) is 8.42 Å². The van der Waals surface area contributed by atoms with Crippen molar-refractivity contribution in [2.45, 2.75) is 30.5 Å². The van der Waals surface area contributed by atoms with Crippen molar-refractivity contribution in [3.05, 3.63) is 29.8 Å². The van der Waals surface area contributed by atoms with E-state index >= 15 is 0 Å². The van der Waals surface area contributed by atoms with Crippen molar-refractivity contribution in [2.24, 2.45) is 0 Å². The highest BCUT2D eigenvalue weighted by atomic mass is 32.2. The van der Waals surface area contributed by atoms with Gasteiger partial charge < -0.3 is 0 Å². The predicted octanol–water partition coefficient (Wildman–Crippen LogP) is 1.35. The van der Waals surface area contributed by atoms with Gasteiger partial charge >= 0.3 is 0 Å². The molecule has 0 radical (unpaired) electrons. The van der Waals surface area contributed by atoms with Crippen LogP contribution in [0.3, 0.4) is 0 Å². The van der Waals surface area contributed by atoms with Crippen LogP contribution in [-0.2, 0) is 15.2 Å². The van der Waals surface area contributed by atoms with Gasteiger partial charge in [0.15, 0.2) is 9.84 Å². The molecule has 2 nitrogen and oxygen atoms in total. The summed E-state index contributed by atoms with van der Waals surface area (Å²) in [5.74, 6) is 0. The Bertz CT molecular complexity index is 432. The molecule has 0 saturated carbocycles. The average Bonchev–Trinajstić information content (AvgIpc) is 2.17. The Kier molecular flexibility index (Phi) is 3.29. The minimum Gasteiger partial charge on any atom is -0.224 e. The standard InChI is InChI=1S/C11H17BO2S/c1-4-11(2,12)9-5-7-10(8-6-9)15(3,13)14/h5-8H,4,12H2,1-3H3. The first-order chi connectivity index (χ1) is 6.77. The summed E-state index contributed by atoms with van der Waals surface area (Å²) >= 11 is 0. The van der Waals surface area contributed by atoms with Crippen molar-refractivity contribution in [1.29, 1.82) is 0 Å². The maximum atomic E-state index is 11.3. The summed E-state index contributed by atoms with van der Waals surface area (Å²) in [5, 5.41) is 0.107. The van der Waals surface area contributed by atoms with Gasteiger partial charge in [-0.05, 0) is 17.4 Å². The number of sulfone groups is 1. The molecule has 0 aliphatic rings. The molecule has 1 rings (SSSR count). The molecule has 0 heterocycles. The Labute approximate surface area is 93.0 Å². The lowest BCUT2D eigenvalue weighted by molar-refractivity contribution is 0.601. The van der Waals surface area contributed by atoms with Crippen LogP contribution in [0.15, 0.2) is 29.2 Å². The molecule has 0 spiro atoms. The molecular formula is C11H17BO2S. The van der Waals surface area contributed by atoms with Gasteiger partial charge in [0.2, 0.25) is 0 Å². The van der Waals surface area contributed by atoms with Crippen molar-refractivity contribution in [3.63, 3.8) is 0 Å². The van der Waals surface area contributed by atoms with Gasteiger partial charge in [0.05, 0.1) is 4.90 Å². The Balaban J connectivity index is 3.12. The zero-order chi connectivity index (χ0) is 11.7. The molecule has 0 aromatic heterocycles. The summed E-state index contributed by atoms with van der Waals surface area (Å²) in [6.07, 6.45) is 2.26. The van der Waals surface area contributed by atoms with Crippen LogP contribution in [0, 0.1) is 0 Å². The summed E-state index contributed by atoms with van der Waals surface area (Å²) in [5.41, 5.74) is 1.18. The Morgan fingerprint density at radius 3 is 2.07 bits per heavy atom. The molecule has 0 amide bonds. The van der Waals surface area contributed by atoms with Gasteiger partial charge in [-0.15, -0.1) is 0 Å². The minimum atomic E-state index is -3.07. The Hall–Kier alpha value is -0.765. The van der Waals surface area contributed by atoms with Crippen LogP contribution in [0.2, 0.25) is 0 Å². The van der Waals surface area contributed by atoms with E-state index in [1.807, 2.05) is 12.1 Å². The second-order valence-corrected chi connectivity index (χ2v) is 6.55. The summed E-state index contributed by atoms with van der Waals surface area (Å²) in [6, 6.07) is 7.17. The molecule has 15 heavy (non-hydrogen) atoms. The Morgan fingerprint density at radius 1 is 1.27 bits per heavy atom. The first-order valence-electron chi connectivity index (χ1n) is 5.08. The van der Waals surface area contributed by atoms with Crippen LogP contribution >= 0.6 is 0 Å². The summed E-state index contributed by atoms with van der Waals surface area (Å²) in [7, 11) is -0.917. The topological polar surface area (TPSA) is 34.1 Å². The number of benzene rings is 1. The van der Waals surface area contributed by atoms with E-state index in [1.54, 1.807) is 12.1 Å². The predicted molar refractivity (Wildman–Crippen MR) is 65.7 cm³/mol. The molecule has 0 aliphatic carbocycles. The van der Waals surface area contributed by atoms with Crippen LogP contribution in [0.5, 0.6) is 0 Å². The van der Waals surface area contributed by atoms with Gasteiger partial charge in [-0.3, -0.25) is 0 Å². The molecule has 0 saturated heterocycles. The molecule has 1 atom stereocenters. The molecular weight excluding hydrogens is 207 g/mol. The van der Waals surface area contributed by atoms with Crippen molar-refractivity contribution in [3.8, 4) is 0 Å². The number of hydrogen-bond donors (Lipinski definition) is 0. The van der Waals surface area contributed by atoms with Crippen LogP contribution in [0.1, 0.15) is 25.8 Å². The summed E-state index contributed by atoms with van der Waals surface area (Å²) in [4.78, 5) is 0.387. The lowest BCUT2D eigenvalue weighted by atomic mass is 9.64. The van der Waals surface area contributed by atoms with E-state index in [9.17, 15) is 8.42 Å². The summed E-state index contributed by atoms with van der Waals surface area (Å²) < 4.78 is 22.5. The molecule has 0 bridgehead atoms. The zero-order valence-electron chi connectivity index (χ0n) is 9.74. The fourth-order valence-corrected chi connectivity index (χ4v) is 1.99. The molecule has 1 aromatic rings. The lowest BCUT2D eigenvalue weighted by Gasteiger charge is -2.23. The van der Waals surface area contributed by atoms with Gasteiger partial charge in [0.25, 0.3) is 0 Å². The summed E-state index contributed by atoms with van der Waals surface area (Å²) in [6.45, 7) is 4.28. The zero-order valence-corrected chi connectivity index (χ0v) is 10.6. The van der Waals surface area contributed by atoms with Gasteiger partial charge in [-0.1, -0.05) is 38.0 Å². The molecule has 0 fully saturated rings. The SMILES string of the molecule is BC(C)(CC)c1ccc(S(C)(=O)=O)cc1. The maximum absolute atomic E-state index is 11.3. The third kappa shape index (κ3) is 2.84. The van der Waals surface area contributed by atoms with Gasteiger partial charge in [-0.2, -0.15) is 0 Å². The van der Waals surface area contributed by atoms with E-state index in [1.165, 1.54) is 11.8 Å². The minimum absolute atomic E-state index is 0.107. The van der Waals surface area contributed by atoms with E-state index in [2.05, 4.69) is 21.7 Å². The molecule has 0 N–H and O–H groups in total. The van der Waals surface area contributed by atoms with Crippen molar-refractivity contribution >= 4 is 17.7 Å². The first-order valence-corrected chi connectivity index (χ1v) is 6.97. The third-order valence-corrected chi connectivity index (χ3v) is 4.08.